The van der Waals surface area contributed by atoms with E-state index in [1.54, 1.807) is 0 Å². The van der Waals surface area contributed by atoms with Crippen molar-refractivity contribution in [3.8, 4) is 0 Å². The summed E-state index contributed by atoms with van der Waals surface area (Å²) in [4.78, 5) is 17.5. The Labute approximate surface area is 93.4 Å². The van der Waals surface area contributed by atoms with E-state index in [1.807, 2.05) is 6.92 Å². The largest absolute Gasteiger partial charge is 0.354 e. The maximum absolute atomic E-state index is 10.3. The molecule has 0 saturated carbocycles. The van der Waals surface area contributed by atoms with Crippen LogP contribution in [0.3, 0.4) is 0 Å². The van der Waals surface area contributed by atoms with Gasteiger partial charge in [-0.2, -0.15) is 0 Å². The van der Waals surface area contributed by atoms with E-state index < -0.39 is 4.92 Å². The molecule has 0 radical (unpaired) electrons. The highest BCUT2D eigenvalue weighted by Gasteiger charge is 2.05. The highest BCUT2D eigenvalue weighted by atomic mass is 16.6. The highest BCUT2D eigenvalue weighted by molar-refractivity contribution is 5.30. The summed E-state index contributed by atoms with van der Waals surface area (Å²) in [5, 5.41) is 16.5. The molecular formula is C9H15N5O2. The van der Waals surface area contributed by atoms with Crippen LogP contribution >= 0.6 is 0 Å². The summed E-state index contributed by atoms with van der Waals surface area (Å²) >= 11 is 0. The first kappa shape index (κ1) is 12.3. The summed E-state index contributed by atoms with van der Waals surface area (Å²) in [6.45, 7) is 4.67. The molecule has 0 aliphatic heterocycles. The van der Waals surface area contributed by atoms with Crippen LogP contribution in [0.25, 0.3) is 0 Å². The van der Waals surface area contributed by atoms with Crippen molar-refractivity contribution in [2.75, 3.05) is 25.0 Å². The van der Waals surface area contributed by atoms with Crippen molar-refractivity contribution in [2.24, 2.45) is 0 Å². The lowest BCUT2D eigenvalue weighted by atomic mass is 10.4. The van der Waals surface area contributed by atoms with E-state index in [0.717, 1.165) is 26.1 Å². The number of nitro groups is 1. The van der Waals surface area contributed by atoms with Crippen LogP contribution in [0.5, 0.6) is 0 Å². The molecule has 0 spiro atoms. The Hall–Kier alpha value is -1.76. The van der Waals surface area contributed by atoms with Gasteiger partial charge < -0.3 is 10.6 Å². The van der Waals surface area contributed by atoms with Gasteiger partial charge >= 0.3 is 5.69 Å². The van der Waals surface area contributed by atoms with Crippen molar-refractivity contribution < 1.29 is 4.92 Å². The zero-order valence-electron chi connectivity index (χ0n) is 9.14. The van der Waals surface area contributed by atoms with E-state index in [0.29, 0.717) is 5.95 Å². The molecule has 1 aromatic rings. The molecule has 0 aliphatic carbocycles. The lowest BCUT2D eigenvalue weighted by molar-refractivity contribution is -0.385. The molecule has 88 valence electrons. The predicted molar refractivity (Wildman–Crippen MR) is 60.3 cm³/mol. The third-order valence-electron chi connectivity index (χ3n) is 1.91. The van der Waals surface area contributed by atoms with Gasteiger partial charge in [0.05, 0.1) is 4.92 Å². The van der Waals surface area contributed by atoms with Gasteiger partial charge in [-0.05, 0) is 19.5 Å². The van der Waals surface area contributed by atoms with Crippen LogP contribution in [-0.2, 0) is 0 Å². The van der Waals surface area contributed by atoms with Crippen LogP contribution in [0, 0.1) is 10.1 Å². The molecule has 0 fully saturated rings. The number of hydrogen-bond acceptors (Lipinski definition) is 6. The Morgan fingerprint density at radius 3 is 2.62 bits per heavy atom. The van der Waals surface area contributed by atoms with Crippen molar-refractivity contribution in [2.45, 2.75) is 13.3 Å². The van der Waals surface area contributed by atoms with Crippen LogP contribution in [0.15, 0.2) is 12.4 Å². The molecule has 0 amide bonds. The molecular weight excluding hydrogens is 210 g/mol. The van der Waals surface area contributed by atoms with E-state index in [-0.39, 0.29) is 5.69 Å². The van der Waals surface area contributed by atoms with E-state index in [1.165, 1.54) is 12.4 Å². The van der Waals surface area contributed by atoms with Crippen LogP contribution in [-0.4, -0.2) is 34.5 Å². The third kappa shape index (κ3) is 4.18. The number of nitrogens with zero attached hydrogens (tertiary/aromatic N) is 3. The first-order chi connectivity index (χ1) is 7.74. The zero-order chi connectivity index (χ0) is 11.8. The number of nitrogens with one attached hydrogen (secondary N) is 2. The van der Waals surface area contributed by atoms with Gasteiger partial charge in [0.1, 0.15) is 12.4 Å². The molecule has 7 heteroatoms. The highest BCUT2D eigenvalue weighted by Crippen LogP contribution is 2.07. The van der Waals surface area contributed by atoms with Gasteiger partial charge in [0, 0.05) is 6.54 Å². The lowest BCUT2D eigenvalue weighted by Gasteiger charge is -2.04. The Morgan fingerprint density at radius 1 is 1.38 bits per heavy atom. The van der Waals surface area contributed by atoms with E-state index >= 15 is 0 Å². The Morgan fingerprint density at radius 2 is 2.06 bits per heavy atom. The molecule has 0 unspecified atom stereocenters. The van der Waals surface area contributed by atoms with Gasteiger partial charge in [-0.15, -0.1) is 0 Å². The fourth-order valence-electron chi connectivity index (χ4n) is 1.10. The first-order valence-corrected chi connectivity index (χ1v) is 5.15. The van der Waals surface area contributed by atoms with E-state index in [9.17, 15) is 10.1 Å². The molecule has 0 bridgehead atoms. The van der Waals surface area contributed by atoms with Crippen LogP contribution < -0.4 is 10.6 Å². The Kier molecular flexibility index (Phi) is 5.13. The van der Waals surface area contributed by atoms with Crippen molar-refractivity contribution in [3.05, 3.63) is 22.5 Å². The predicted octanol–water partition coefficient (Wildman–Crippen LogP) is 0.796. The lowest BCUT2D eigenvalue weighted by Crippen LogP contribution is -2.17. The van der Waals surface area contributed by atoms with Gasteiger partial charge in [0.15, 0.2) is 0 Å². The van der Waals surface area contributed by atoms with Gasteiger partial charge in [0.25, 0.3) is 0 Å². The van der Waals surface area contributed by atoms with Crippen LogP contribution in [0.2, 0.25) is 0 Å². The molecule has 1 aromatic heterocycles. The van der Waals surface area contributed by atoms with E-state index in [4.69, 9.17) is 0 Å². The van der Waals surface area contributed by atoms with Crippen molar-refractivity contribution >= 4 is 11.6 Å². The number of hydrogen-bond donors (Lipinski definition) is 2. The molecule has 0 saturated heterocycles. The zero-order valence-corrected chi connectivity index (χ0v) is 9.14. The Balaban J connectivity index is 2.29. The fourth-order valence-corrected chi connectivity index (χ4v) is 1.10. The summed E-state index contributed by atoms with van der Waals surface area (Å²) in [5.74, 6) is 0.419. The molecule has 1 rings (SSSR count). The average molecular weight is 225 g/mol. The minimum Gasteiger partial charge on any atom is -0.354 e. The van der Waals surface area contributed by atoms with Gasteiger partial charge in [-0.25, -0.2) is 9.97 Å². The second-order valence-electron chi connectivity index (χ2n) is 3.16. The molecule has 1 heterocycles. The average Bonchev–Trinajstić information content (AvgIpc) is 2.29. The second kappa shape index (κ2) is 6.67. The smallest absolute Gasteiger partial charge is 0.305 e. The minimum atomic E-state index is -0.519. The van der Waals surface area contributed by atoms with E-state index in [2.05, 4.69) is 20.6 Å². The SMILES string of the molecule is CCNCCCNc1ncc([N+](=O)[O-])cn1. The number of aromatic nitrogens is 2. The van der Waals surface area contributed by atoms with Crippen molar-refractivity contribution in [1.82, 2.24) is 15.3 Å². The van der Waals surface area contributed by atoms with Crippen molar-refractivity contribution in [3.63, 3.8) is 0 Å². The first-order valence-electron chi connectivity index (χ1n) is 5.15. The van der Waals surface area contributed by atoms with Gasteiger partial charge in [-0.1, -0.05) is 6.92 Å². The molecule has 0 aromatic carbocycles. The summed E-state index contributed by atoms with van der Waals surface area (Å²) < 4.78 is 0. The normalized spacial score (nSPS) is 10.1. The topological polar surface area (TPSA) is 93.0 Å². The van der Waals surface area contributed by atoms with Crippen LogP contribution in [0.4, 0.5) is 11.6 Å². The van der Waals surface area contributed by atoms with Crippen LogP contribution in [0.1, 0.15) is 13.3 Å². The molecule has 2 N–H and O–H groups in total. The third-order valence-corrected chi connectivity index (χ3v) is 1.91. The second-order valence-corrected chi connectivity index (χ2v) is 3.16. The molecule has 0 atom stereocenters. The summed E-state index contributed by atoms with van der Waals surface area (Å²) in [6.07, 6.45) is 3.34. The van der Waals surface area contributed by atoms with Crippen molar-refractivity contribution in [1.29, 1.82) is 0 Å². The van der Waals surface area contributed by atoms with Gasteiger partial charge in [-0.3, -0.25) is 10.1 Å². The molecule has 0 aliphatic rings. The number of anilines is 1. The summed E-state index contributed by atoms with van der Waals surface area (Å²) in [6, 6.07) is 0. The monoisotopic (exact) mass is 225 g/mol. The maximum atomic E-state index is 10.3. The molecule has 16 heavy (non-hydrogen) atoms. The standard InChI is InChI=1S/C9H15N5O2/c1-2-10-4-3-5-11-9-12-6-8(7-13-9)14(15)16/h6-7,10H,2-5H2,1H3,(H,11,12,13). The molecule has 7 nitrogen and oxygen atoms in total. The summed E-state index contributed by atoms with van der Waals surface area (Å²) in [7, 11) is 0. The van der Waals surface area contributed by atoms with Gasteiger partial charge in [0.2, 0.25) is 5.95 Å². The number of rotatable bonds is 7. The maximum Gasteiger partial charge on any atom is 0.305 e. The quantitative estimate of drug-likeness (QED) is 0.405. The minimum absolute atomic E-state index is 0.0989. The fraction of sp³-hybridized carbons (Fsp3) is 0.556. The summed E-state index contributed by atoms with van der Waals surface area (Å²) in [5.41, 5.74) is -0.0989. The Bertz CT molecular complexity index is 327.